The largest absolute Gasteiger partial charge is 0.390 e. The van der Waals surface area contributed by atoms with Gasteiger partial charge < -0.3 is 5.11 Å². The van der Waals surface area contributed by atoms with Crippen molar-refractivity contribution in [2.45, 2.75) is 24.6 Å². The second-order valence-electron chi connectivity index (χ2n) is 6.20. The molecule has 0 radical (unpaired) electrons. The van der Waals surface area contributed by atoms with Gasteiger partial charge in [-0.05, 0) is 44.2 Å². The number of aliphatic hydroxyl groups is 1. The first-order chi connectivity index (χ1) is 11.8. The Balaban J connectivity index is 2.11. The fourth-order valence-electron chi connectivity index (χ4n) is 2.26. The van der Waals surface area contributed by atoms with Gasteiger partial charge in [-0.3, -0.25) is 4.57 Å². The van der Waals surface area contributed by atoms with Crippen LogP contribution in [0.5, 0.6) is 0 Å². The summed E-state index contributed by atoms with van der Waals surface area (Å²) in [6, 6.07) is 15.1. The molecule has 0 atom stereocenters. The highest BCUT2D eigenvalue weighted by atomic mass is 35.5. The third kappa shape index (κ3) is 4.36. The Bertz CT molecular complexity index is 876. The van der Waals surface area contributed by atoms with E-state index in [1.165, 1.54) is 11.8 Å². The Kier molecular flexibility index (Phi) is 5.39. The topological polar surface area (TPSA) is 50.9 Å². The second-order valence-corrected chi connectivity index (χ2v) is 7.99. The van der Waals surface area contributed by atoms with Crippen molar-refractivity contribution in [3.63, 3.8) is 0 Å². The van der Waals surface area contributed by atoms with Crippen LogP contribution in [-0.4, -0.2) is 31.2 Å². The fraction of sp³-hybridized carbons (Fsp3) is 0.222. The lowest BCUT2D eigenvalue weighted by molar-refractivity contribution is 0.107. The zero-order valence-corrected chi connectivity index (χ0v) is 16.1. The van der Waals surface area contributed by atoms with Crippen LogP contribution in [0.3, 0.4) is 0 Å². The number of halogens is 2. The molecule has 3 rings (SSSR count). The monoisotopic (exact) mass is 393 g/mol. The van der Waals surface area contributed by atoms with Crippen LogP contribution < -0.4 is 0 Å². The number of aromatic nitrogens is 3. The summed E-state index contributed by atoms with van der Waals surface area (Å²) in [5.74, 6) is 1.12. The van der Waals surface area contributed by atoms with E-state index in [-0.39, 0.29) is 0 Å². The summed E-state index contributed by atoms with van der Waals surface area (Å²) in [4.78, 5) is 0. The van der Waals surface area contributed by atoms with E-state index in [4.69, 9.17) is 23.2 Å². The molecule has 1 N–H and O–H groups in total. The molecule has 0 fully saturated rings. The molecule has 0 aliphatic carbocycles. The number of benzene rings is 2. The minimum Gasteiger partial charge on any atom is -0.390 e. The van der Waals surface area contributed by atoms with Crippen molar-refractivity contribution in [2.75, 3.05) is 5.75 Å². The number of hydrogen-bond donors (Lipinski definition) is 1. The number of hydrogen-bond acceptors (Lipinski definition) is 4. The lowest BCUT2D eigenvalue weighted by atomic mass is 10.2. The van der Waals surface area contributed by atoms with E-state index in [9.17, 15) is 5.11 Å². The molecule has 1 heterocycles. The Morgan fingerprint density at radius 2 is 1.80 bits per heavy atom. The summed E-state index contributed by atoms with van der Waals surface area (Å²) in [6.45, 7) is 3.53. The summed E-state index contributed by atoms with van der Waals surface area (Å²) in [6.07, 6.45) is 0. The van der Waals surface area contributed by atoms with E-state index < -0.39 is 5.60 Å². The van der Waals surface area contributed by atoms with Crippen LogP contribution in [0.15, 0.2) is 53.7 Å². The number of thioether (sulfide) groups is 1. The lowest BCUT2D eigenvalue weighted by Gasteiger charge is -2.16. The molecule has 0 amide bonds. The quantitative estimate of drug-likeness (QED) is 0.612. The van der Waals surface area contributed by atoms with Gasteiger partial charge in [-0.2, -0.15) is 0 Å². The van der Waals surface area contributed by atoms with Gasteiger partial charge in [0, 0.05) is 22.0 Å². The van der Waals surface area contributed by atoms with Gasteiger partial charge in [-0.15, -0.1) is 10.2 Å². The van der Waals surface area contributed by atoms with Crippen LogP contribution in [0, 0.1) is 0 Å². The van der Waals surface area contributed by atoms with Crippen molar-refractivity contribution in [1.82, 2.24) is 14.8 Å². The van der Waals surface area contributed by atoms with Gasteiger partial charge in [0.05, 0.1) is 10.6 Å². The molecule has 0 aliphatic heterocycles. The predicted octanol–water partition coefficient (Wildman–Crippen LogP) is 5.10. The average Bonchev–Trinajstić information content (AvgIpc) is 2.97. The fourth-order valence-corrected chi connectivity index (χ4v) is 3.65. The molecular weight excluding hydrogens is 377 g/mol. The van der Waals surface area contributed by atoms with Crippen molar-refractivity contribution in [2.24, 2.45) is 0 Å². The second kappa shape index (κ2) is 7.38. The van der Waals surface area contributed by atoms with Crippen molar-refractivity contribution in [3.8, 4) is 17.1 Å². The molecule has 0 bridgehead atoms. The minimum atomic E-state index is -0.809. The van der Waals surface area contributed by atoms with E-state index in [1.54, 1.807) is 26.0 Å². The standard InChI is InChI=1S/C18H17Cl2N3OS/c1-18(2,24)11-25-17-22-21-16(14-9-8-12(19)10-15(14)20)23(17)13-6-4-3-5-7-13/h3-10,24H,11H2,1-2H3. The molecule has 2 aromatic carbocycles. The van der Waals surface area contributed by atoms with Gasteiger partial charge in [-0.25, -0.2) is 0 Å². The van der Waals surface area contributed by atoms with Crippen molar-refractivity contribution < 1.29 is 5.11 Å². The Morgan fingerprint density at radius 3 is 2.44 bits per heavy atom. The van der Waals surface area contributed by atoms with Gasteiger partial charge in [0.15, 0.2) is 11.0 Å². The molecule has 0 aliphatic rings. The molecule has 0 saturated carbocycles. The van der Waals surface area contributed by atoms with Crippen LogP contribution in [0.25, 0.3) is 17.1 Å². The lowest BCUT2D eigenvalue weighted by Crippen LogP contribution is -2.22. The Morgan fingerprint density at radius 1 is 1.08 bits per heavy atom. The zero-order chi connectivity index (χ0) is 18.0. The molecular formula is C18H17Cl2N3OS. The molecule has 7 heteroatoms. The maximum atomic E-state index is 10.0. The molecule has 4 nitrogen and oxygen atoms in total. The molecule has 3 aromatic rings. The van der Waals surface area contributed by atoms with Crippen molar-refractivity contribution in [1.29, 1.82) is 0 Å². The maximum Gasteiger partial charge on any atom is 0.196 e. The Hall–Kier alpha value is -1.53. The van der Waals surface area contributed by atoms with Crippen LogP contribution >= 0.6 is 35.0 Å². The van der Waals surface area contributed by atoms with Gasteiger partial charge >= 0.3 is 0 Å². The molecule has 130 valence electrons. The van der Waals surface area contributed by atoms with E-state index in [2.05, 4.69) is 10.2 Å². The SMILES string of the molecule is CC(C)(O)CSc1nnc(-c2ccc(Cl)cc2Cl)n1-c1ccccc1. The summed E-state index contributed by atoms with van der Waals surface area (Å²) in [7, 11) is 0. The highest BCUT2D eigenvalue weighted by molar-refractivity contribution is 7.99. The third-order valence-corrected chi connectivity index (χ3v) is 5.30. The van der Waals surface area contributed by atoms with E-state index in [1.807, 2.05) is 41.0 Å². The van der Waals surface area contributed by atoms with Gasteiger partial charge in [0.1, 0.15) is 0 Å². The summed E-state index contributed by atoms with van der Waals surface area (Å²) in [5.41, 5.74) is 0.861. The first-order valence-electron chi connectivity index (χ1n) is 7.66. The molecule has 0 saturated heterocycles. The summed E-state index contributed by atoms with van der Waals surface area (Å²) >= 11 is 13.8. The highest BCUT2D eigenvalue weighted by Gasteiger charge is 2.21. The maximum absolute atomic E-state index is 10.0. The van der Waals surface area contributed by atoms with E-state index in [0.29, 0.717) is 26.8 Å². The van der Waals surface area contributed by atoms with Crippen LogP contribution in [0.2, 0.25) is 10.0 Å². The molecule has 25 heavy (non-hydrogen) atoms. The zero-order valence-electron chi connectivity index (χ0n) is 13.8. The van der Waals surface area contributed by atoms with Gasteiger partial charge in [-0.1, -0.05) is 53.2 Å². The van der Waals surface area contributed by atoms with Crippen LogP contribution in [-0.2, 0) is 0 Å². The Labute approximate surface area is 160 Å². The number of para-hydroxylation sites is 1. The molecule has 1 aromatic heterocycles. The van der Waals surface area contributed by atoms with Gasteiger partial charge in [0.2, 0.25) is 0 Å². The third-order valence-electron chi connectivity index (χ3n) is 3.37. The van der Waals surface area contributed by atoms with Crippen LogP contribution in [0.4, 0.5) is 0 Å². The number of nitrogens with zero attached hydrogens (tertiary/aromatic N) is 3. The average molecular weight is 394 g/mol. The smallest absolute Gasteiger partial charge is 0.196 e. The van der Waals surface area contributed by atoms with Crippen molar-refractivity contribution in [3.05, 3.63) is 58.6 Å². The summed E-state index contributed by atoms with van der Waals surface area (Å²) < 4.78 is 1.94. The van der Waals surface area contributed by atoms with E-state index in [0.717, 1.165) is 11.3 Å². The van der Waals surface area contributed by atoms with Crippen molar-refractivity contribution >= 4 is 35.0 Å². The number of rotatable bonds is 5. The summed E-state index contributed by atoms with van der Waals surface area (Å²) in [5, 5.41) is 20.4. The normalized spacial score (nSPS) is 11.7. The first-order valence-corrected chi connectivity index (χ1v) is 9.41. The first kappa shape index (κ1) is 18.3. The van der Waals surface area contributed by atoms with Crippen LogP contribution in [0.1, 0.15) is 13.8 Å². The van der Waals surface area contributed by atoms with Gasteiger partial charge in [0.25, 0.3) is 0 Å². The highest BCUT2D eigenvalue weighted by Crippen LogP contribution is 2.34. The van der Waals surface area contributed by atoms with E-state index >= 15 is 0 Å². The molecule has 0 unspecified atom stereocenters. The predicted molar refractivity (Wildman–Crippen MR) is 104 cm³/mol. The minimum absolute atomic E-state index is 0.492. The molecule has 0 spiro atoms.